The van der Waals surface area contributed by atoms with E-state index in [1.54, 1.807) is 12.3 Å². The Balaban J connectivity index is 1.68. The van der Waals surface area contributed by atoms with E-state index in [1.165, 1.54) is 6.07 Å². The lowest BCUT2D eigenvalue weighted by Crippen LogP contribution is -2.49. The standard InChI is InChI=1S/C22H23FN4O/c1-13-4-3-5-18(23)19(13)15-6-7-17-16(8-15)10-25-21(24)20(17)22(28)26-9-14-11-27(2)12-14/h3-8,10,14H,9,11-12H2,1-2H3,(H2,24,25)(H,26,28). The molecule has 1 aliphatic heterocycles. The van der Waals surface area contributed by atoms with Gasteiger partial charge < -0.3 is 16.0 Å². The number of nitrogens with zero attached hydrogens (tertiary/aromatic N) is 2. The summed E-state index contributed by atoms with van der Waals surface area (Å²) in [6.45, 7) is 4.45. The van der Waals surface area contributed by atoms with Gasteiger partial charge in [0.1, 0.15) is 11.6 Å². The van der Waals surface area contributed by atoms with Gasteiger partial charge in [0.15, 0.2) is 0 Å². The van der Waals surface area contributed by atoms with Crippen molar-refractivity contribution < 1.29 is 9.18 Å². The average molecular weight is 378 g/mol. The van der Waals surface area contributed by atoms with Crippen molar-refractivity contribution in [1.82, 2.24) is 15.2 Å². The van der Waals surface area contributed by atoms with Crippen molar-refractivity contribution >= 4 is 22.5 Å². The highest BCUT2D eigenvalue weighted by Gasteiger charge is 2.24. The number of aryl methyl sites for hydroxylation is 1. The Bertz CT molecular complexity index is 1040. The molecule has 0 unspecified atom stereocenters. The van der Waals surface area contributed by atoms with Crippen molar-refractivity contribution in [2.24, 2.45) is 5.92 Å². The number of carbonyl (C=O) groups is 1. The van der Waals surface area contributed by atoms with Gasteiger partial charge in [-0.25, -0.2) is 9.37 Å². The third-order valence-electron chi connectivity index (χ3n) is 5.35. The minimum Gasteiger partial charge on any atom is -0.383 e. The Morgan fingerprint density at radius 3 is 2.82 bits per heavy atom. The highest BCUT2D eigenvalue weighted by atomic mass is 19.1. The lowest BCUT2D eigenvalue weighted by Gasteiger charge is -2.36. The van der Waals surface area contributed by atoms with Crippen molar-refractivity contribution in [3.05, 3.63) is 59.5 Å². The van der Waals surface area contributed by atoms with Crippen LogP contribution in [-0.4, -0.2) is 42.5 Å². The van der Waals surface area contributed by atoms with E-state index in [2.05, 4.69) is 22.2 Å². The molecule has 1 aliphatic rings. The highest BCUT2D eigenvalue weighted by Crippen LogP contribution is 2.31. The molecule has 0 aliphatic carbocycles. The Labute approximate surface area is 163 Å². The van der Waals surface area contributed by atoms with E-state index in [1.807, 2.05) is 31.2 Å². The van der Waals surface area contributed by atoms with E-state index in [-0.39, 0.29) is 17.5 Å². The zero-order valence-electron chi connectivity index (χ0n) is 16.0. The molecule has 1 saturated heterocycles. The van der Waals surface area contributed by atoms with Crippen LogP contribution in [0.3, 0.4) is 0 Å². The SMILES string of the molecule is Cc1cccc(F)c1-c1ccc2c(C(=O)NCC3CN(C)C3)c(N)ncc2c1. The minimum absolute atomic E-state index is 0.200. The molecule has 0 bridgehead atoms. The lowest BCUT2D eigenvalue weighted by molar-refractivity contribution is 0.0900. The number of hydrogen-bond acceptors (Lipinski definition) is 4. The van der Waals surface area contributed by atoms with Crippen LogP contribution in [0.15, 0.2) is 42.6 Å². The van der Waals surface area contributed by atoms with Gasteiger partial charge in [-0.05, 0) is 42.6 Å². The first-order valence-corrected chi connectivity index (χ1v) is 9.34. The van der Waals surface area contributed by atoms with E-state index in [4.69, 9.17) is 5.73 Å². The average Bonchev–Trinajstić information content (AvgIpc) is 2.64. The van der Waals surface area contributed by atoms with Crippen LogP contribution in [0.5, 0.6) is 0 Å². The number of amides is 1. The Morgan fingerprint density at radius 1 is 1.32 bits per heavy atom. The fraction of sp³-hybridized carbons (Fsp3) is 0.273. The molecule has 3 aromatic rings. The topological polar surface area (TPSA) is 71.2 Å². The summed E-state index contributed by atoms with van der Waals surface area (Å²) in [6, 6.07) is 10.5. The van der Waals surface area contributed by atoms with Gasteiger partial charge in [-0.3, -0.25) is 4.79 Å². The van der Waals surface area contributed by atoms with Crippen molar-refractivity contribution in [3.8, 4) is 11.1 Å². The molecule has 2 heterocycles. The van der Waals surface area contributed by atoms with Crippen LogP contribution >= 0.6 is 0 Å². The molecule has 4 rings (SSSR count). The van der Waals surface area contributed by atoms with Gasteiger partial charge in [0.05, 0.1) is 5.56 Å². The number of pyridine rings is 1. The molecular weight excluding hydrogens is 355 g/mol. The minimum atomic E-state index is -0.272. The van der Waals surface area contributed by atoms with E-state index in [9.17, 15) is 9.18 Å². The normalized spacial score (nSPS) is 14.8. The molecule has 5 nitrogen and oxygen atoms in total. The van der Waals surface area contributed by atoms with E-state index >= 15 is 0 Å². The molecule has 28 heavy (non-hydrogen) atoms. The zero-order chi connectivity index (χ0) is 19.8. The molecule has 0 atom stereocenters. The summed E-state index contributed by atoms with van der Waals surface area (Å²) in [5.41, 5.74) is 8.55. The number of hydrogen-bond donors (Lipinski definition) is 2. The summed E-state index contributed by atoms with van der Waals surface area (Å²) >= 11 is 0. The summed E-state index contributed by atoms with van der Waals surface area (Å²) in [5, 5.41) is 4.44. The maximum Gasteiger partial charge on any atom is 0.255 e. The first-order chi connectivity index (χ1) is 13.4. The smallest absolute Gasteiger partial charge is 0.255 e. The van der Waals surface area contributed by atoms with Gasteiger partial charge in [-0.15, -0.1) is 0 Å². The molecule has 1 amide bonds. The molecule has 0 saturated carbocycles. The molecule has 6 heteroatoms. The number of fused-ring (bicyclic) bond motifs is 1. The zero-order valence-corrected chi connectivity index (χ0v) is 16.0. The summed E-state index contributed by atoms with van der Waals surface area (Å²) in [6.07, 6.45) is 1.63. The fourth-order valence-corrected chi connectivity index (χ4v) is 3.91. The predicted octanol–water partition coefficient (Wildman–Crippen LogP) is 3.22. The van der Waals surface area contributed by atoms with Gasteiger partial charge in [0.25, 0.3) is 5.91 Å². The van der Waals surface area contributed by atoms with Crippen LogP contribution in [0, 0.1) is 18.7 Å². The van der Waals surface area contributed by atoms with E-state index in [0.717, 1.165) is 29.6 Å². The maximum absolute atomic E-state index is 14.3. The number of carbonyl (C=O) groups excluding carboxylic acids is 1. The van der Waals surface area contributed by atoms with Crippen molar-refractivity contribution in [2.45, 2.75) is 6.92 Å². The van der Waals surface area contributed by atoms with Crippen molar-refractivity contribution in [1.29, 1.82) is 0 Å². The second-order valence-corrected chi connectivity index (χ2v) is 7.55. The van der Waals surface area contributed by atoms with E-state index in [0.29, 0.717) is 29.0 Å². The number of nitrogens with two attached hydrogens (primary N) is 1. The van der Waals surface area contributed by atoms with Gasteiger partial charge in [-0.2, -0.15) is 0 Å². The van der Waals surface area contributed by atoms with Gasteiger partial charge >= 0.3 is 0 Å². The first kappa shape index (κ1) is 18.4. The Morgan fingerprint density at radius 2 is 2.11 bits per heavy atom. The molecule has 0 spiro atoms. The number of aromatic nitrogens is 1. The second kappa shape index (κ2) is 7.20. The molecule has 0 radical (unpaired) electrons. The largest absolute Gasteiger partial charge is 0.383 e. The van der Waals surface area contributed by atoms with Crippen molar-refractivity contribution in [3.63, 3.8) is 0 Å². The monoisotopic (exact) mass is 378 g/mol. The molecule has 1 aromatic heterocycles. The maximum atomic E-state index is 14.3. The van der Waals surface area contributed by atoms with Gasteiger partial charge in [0, 0.05) is 42.7 Å². The van der Waals surface area contributed by atoms with Crippen molar-refractivity contribution in [2.75, 3.05) is 32.4 Å². The summed E-state index contributed by atoms with van der Waals surface area (Å²) in [5.74, 6) is 0.172. The fourth-order valence-electron chi connectivity index (χ4n) is 3.91. The van der Waals surface area contributed by atoms with Gasteiger partial charge in [-0.1, -0.05) is 24.3 Å². The number of nitrogen functional groups attached to an aromatic ring is 1. The van der Waals surface area contributed by atoms with E-state index < -0.39 is 0 Å². The molecule has 3 N–H and O–H groups in total. The molecule has 1 fully saturated rings. The van der Waals surface area contributed by atoms with Crippen LogP contribution in [0.4, 0.5) is 10.2 Å². The number of nitrogens with one attached hydrogen (secondary N) is 1. The Kier molecular flexibility index (Phi) is 4.73. The number of halogens is 1. The van der Waals surface area contributed by atoms with Crippen LogP contribution < -0.4 is 11.1 Å². The quantitative estimate of drug-likeness (QED) is 0.731. The second-order valence-electron chi connectivity index (χ2n) is 7.55. The molecular formula is C22H23FN4O. The van der Waals surface area contributed by atoms with Crippen LogP contribution in [0.2, 0.25) is 0 Å². The number of anilines is 1. The number of rotatable bonds is 4. The van der Waals surface area contributed by atoms with Crippen LogP contribution in [0.25, 0.3) is 21.9 Å². The van der Waals surface area contributed by atoms with Gasteiger partial charge in [0.2, 0.25) is 0 Å². The number of likely N-dealkylation sites (tertiary alicyclic amines) is 1. The third kappa shape index (κ3) is 3.31. The summed E-state index contributed by atoms with van der Waals surface area (Å²) in [7, 11) is 2.06. The van der Waals surface area contributed by atoms with Crippen LogP contribution in [-0.2, 0) is 0 Å². The molecule has 144 valence electrons. The highest BCUT2D eigenvalue weighted by molar-refractivity contribution is 6.11. The lowest BCUT2D eigenvalue weighted by atomic mass is 9.96. The Hall–Kier alpha value is -2.99. The predicted molar refractivity (Wildman–Crippen MR) is 110 cm³/mol. The third-order valence-corrected chi connectivity index (χ3v) is 5.35. The number of benzene rings is 2. The molecule has 2 aromatic carbocycles. The van der Waals surface area contributed by atoms with Crippen LogP contribution in [0.1, 0.15) is 15.9 Å². The summed E-state index contributed by atoms with van der Waals surface area (Å²) in [4.78, 5) is 19.2. The first-order valence-electron chi connectivity index (χ1n) is 9.34. The summed E-state index contributed by atoms with van der Waals surface area (Å²) < 4.78 is 14.3.